The molecular formula is C19H22N2O5S. The second-order valence-electron chi connectivity index (χ2n) is 6.18. The number of nitrogens with one attached hydrogen (secondary N) is 1. The molecule has 0 atom stereocenters. The molecule has 2 aromatic carbocycles. The zero-order valence-electron chi connectivity index (χ0n) is 15.3. The van der Waals surface area contributed by atoms with Gasteiger partial charge in [-0.1, -0.05) is 18.2 Å². The Morgan fingerprint density at radius 3 is 2.33 bits per heavy atom. The lowest BCUT2D eigenvalue weighted by Gasteiger charge is -2.29. The molecule has 7 nitrogen and oxygen atoms in total. The molecule has 1 aliphatic rings. The van der Waals surface area contributed by atoms with Crippen LogP contribution < -0.4 is 14.2 Å². The summed E-state index contributed by atoms with van der Waals surface area (Å²) in [6, 6.07) is 11.8. The van der Waals surface area contributed by atoms with E-state index in [1.54, 1.807) is 37.3 Å². The average molecular weight is 390 g/mol. The zero-order chi connectivity index (χ0) is 19.4. The zero-order valence-corrected chi connectivity index (χ0v) is 16.1. The van der Waals surface area contributed by atoms with E-state index < -0.39 is 10.0 Å². The third kappa shape index (κ3) is 4.23. The van der Waals surface area contributed by atoms with E-state index >= 15 is 0 Å². The fourth-order valence-corrected chi connectivity index (χ4v) is 4.04. The van der Waals surface area contributed by atoms with Crippen molar-refractivity contribution in [3.8, 4) is 11.5 Å². The molecular weight excluding hydrogens is 368 g/mol. The minimum absolute atomic E-state index is 0.138. The summed E-state index contributed by atoms with van der Waals surface area (Å²) in [4.78, 5) is 14.3. The van der Waals surface area contributed by atoms with E-state index in [0.29, 0.717) is 31.0 Å². The SMILES string of the molecule is COc1cc2c(cc1OC)CN(C(=O)CNS(=O)(=O)c1ccccc1)CC2. The molecule has 1 aliphatic heterocycles. The van der Waals surface area contributed by atoms with Crippen molar-refractivity contribution in [3.63, 3.8) is 0 Å². The summed E-state index contributed by atoms with van der Waals surface area (Å²) >= 11 is 0. The number of amides is 1. The molecule has 1 N–H and O–H groups in total. The molecule has 0 saturated carbocycles. The topological polar surface area (TPSA) is 84.9 Å². The quantitative estimate of drug-likeness (QED) is 0.809. The van der Waals surface area contributed by atoms with Gasteiger partial charge in [-0.3, -0.25) is 4.79 Å². The van der Waals surface area contributed by atoms with Gasteiger partial charge in [0.15, 0.2) is 11.5 Å². The Hall–Kier alpha value is -2.58. The minimum Gasteiger partial charge on any atom is -0.493 e. The van der Waals surface area contributed by atoms with Gasteiger partial charge in [0.1, 0.15) is 0 Å². The fourth-order valence-electron chi connectivity index (χ4n) is 3.05. The van der Waals surface area contributed by atoms with Crippen LogP contribution in [-0.2, 0) is 27.8 Å². The first-order chi connectivity index (χ1) is 12.9. The molecule has 1 heterocycles. The number of benzene rings is 2. The predicted octanol–water partition coefficient (Wildman–Crippen LogP) is 1.57. The van der Waals surface area contributed by atoms with E-state index in [1.807, 2.05) is 12.1 Å². The van der Waals surface area contributed by atoms with E-state index in [0.717, 1.165) is 11.1 Å². The molecule has 0 unspecified atom stereocenters. The van der Waals surface area contributed by atoms with Gasteiger partial charge < -0.3 is 14.4 Å². The van der Waals surface area contributed by atoms with Crippen LogP contribution >= 0.6 is 0 Å². The summed E-state index contributed by atoms with van der Waals surface area (Å²) in [6.07, 6.45) is 0.673. The summed E-state index contributed by atoms with van der Waals surface area (Å²) < 4.78 is 37.5. The number of hydrogen-bond acceptors (Lipinski definition) is 5. The second kappa shape index (κ2) is 7.98. The summed E-state index contributed by atoms with van der Waals surface area (Å²) in [5, 5.41) is 0. The van der Waals surface area contributed by atoms with Crippen LogP contribution in [0.3, 0.4) is 0 Å². The highest BCUT2D eigenvalue weighted by Crippen LogP contribution is 2.33. The molecule has 1 amide bonds. The van der Waals surface area contributed by atoms with Gasteiger partial charge in [0.25, 0.3) is 0 Å². The van der Waals surface area contributed by atoms with E-state index in [9.17, 15) is 13.2 Å². The largest absolute Gasteiger partial charge is 0.493 e. The minimum atomic E-state index is -3.71. The molecule has 0 radical (unpaired) electrons. The normalized spacial score (nSPS) is 13.8. The van der Waals surface area contributed by atoms with Gasteiger partial charge in [-0.2, -0.15) is 0 Å². The molecule has 8 heteroatoms. The standard InChI is InChI=1S/C19H22N2O5S/c1-25-17-10-14-8-9-21(13-15(14)11-18(17)26-2)19(22)12-20-27(23,24)16-6-4-3-5-7-16/h3-7,10-11,20H,8-9,12-13H2,1-2H3. The van der Waals surface area contributed by atoms with Crippen molar-refractivity contribution in [2.24, 2.45) is 0 Å². The van der Waals surface area contributed by atoms with Crippen molar-refractivity contribution >= 4 is 15.9 Å². The number of carbonyl (C=O) groups is 1. The highest BCUT2D eigenvalue weighted by Gasteiger charge is 2.24. The number of rotatable bonds is 6. The highest BCUT2D eigenvalue weighted by atomic mass is 32.2. The first-order valence-corrected chi connectivity index (χ1v) is 9.99. The number of hydrogen-bond donors (Lipinski definition) is 1. The van der Waals surface area contributed by atoms with Crippen molar-refractivity contribution in [2.75, 3.05) is 27.3 Å². The number of fused-ring (bicyclic) bond motifs is 1. The van der Waals surface area contributed by atoms with E-state index in [4.69, 9.17) is 9.47 Å². The van der Waals surface area contributed by atoms with Gasteiger partial charge in [0.2, 0.25) is 15.9 Å². The smallest absolute Gasteiger partial charge is 0.241 e. The number of nitrogens with zero attached hydrogens (tertiary/aromatic N) is 1. The van der Waals surface area contributed by atoms with Crippen LogP contribution in [0.25, 0.3) is 0 Å². The van der Waals surface area contributed by atoms with Crippen LogP contribution in [0, 0.1) is 0 Å². The lowest BCUT2D eigenvalue weighted by atomic mass is 9.98. The summed E-state index contributed by atoms with van der Waals surface area (Å²) in [5.74, 6) is 0.997. The lowest BCUT2D eigenvalue weighted by Crippen LogP contribution is -2.42. The van der Waals surface area contributed by atoms with Crippen LogP contribution in [0.15, 0.2) is 47.4 Å². The van der Waals surface area contributed by atoms with Crippen molar-refractivity contribution in [1.29, 1.82) is 0 Å². The maximum atomic E-state index is 12.5. The van der Waals surface area contributed by atoms with Gasteiger partial charge >= 0.3 is 0 Å². The first kappa shape index (κ1) is 19.2. The van der Waals surface area contributed by atoms with Crippen LogP contribution in [0.2, 0.25) is 0 Å². The van der Waals surface area contributed by atoms with Gasteiger partial charge in [0, 0.05) is 13.1 Å². The molecule has 0 spiro atoms. The van der Waals surface area contributed by atoms with Gasteiger partial charge in [-0.05, 0) is 41.8 Å². The Balaban J connectivity index is 1.67. The van der Waals surface area contributed by atoms with E-state index in [2.05, 4.69) is 4.72 Å². The maximum absolute atomic E-state index is 12.5. The Labute approximate surface area is 158 Å². The van der Waals surface area contributed by atoms with Gasteiger partial charge in [-0.15, -0.1) is 0 Å². The van der Waals surface area contributed by atoms with Crippen LogP contribution in [0.4, 0.5) is 0 Å². The van der Waals surface area contributed by atoms with Crippen LogP contribution in [0.5, 0.6) is 11.5 Å². The first-order valence-electron chi connectivity index (χ1n) is 8.51. The molecule has 0 aliphatic carbocycles. The number of carbonyl (C=O) groups excluding carboxylic acids is 1. The Morgan fingerprint density at radius 2 is 1.70 bits per heavy atom. The van der Waals surface area contributed by atoms with Gasteiger partial charge in [0.05, 0.1) is 25.7 Å². The van der Waals surface area contributed by atoms with Crippen LogP contribution in [0.1, 0.15) is 11.1 Å². The summed E-state index contributed by atoms with van der Waals surface area (Å²) in [5.41, 5.74) is 2.07. The third-order valence-electron chi connectivity index (χ3n) is 4.54. The van der Waals surface area contributed by atoms with Crippen molar-refractivity contribution in [3.05, 3.63) is 53.6 Å². The van der Waals surface area contributed by atoms with Gasteiger partial charge in [-0.25, -0.2) is 13.1 Å². The second-order valence-corrected chi connectivity index (χ2v) is 7.95. The fraction of sp³-hybridized carbons (Fsp3) is 0.316. The molecule has 0 fully saturated rings. The maximum Gasteiger partial charge on any atom is 0.241 e. The lowest BCUT2D eigenvalue weighted by molar-refractivity contribution is -0.130. The molecule has 3 rings (SSSR count). The average Bonchev–Trinajstić information content (AvgIpc) is 2.71. The Kier molecular flexibility index (Phi) is 5.67. The van der Waals surface area contributed by atoms with Crippen LogP contribution in [-0.4, -0.2) is 46.5 Å². The summed E-state index contributed by atoms with van der Waals surface area (Å²) in [7, 11) is -0.559. The van der Waals surface area contributed by atoms with Crippen molar-refractivity contribution < 1.29 is 22.7 Å². The highest BCUT2D eigenvalue weighted by molar-refractivity contribution is 7.89. The Bertz CT molecular complexity index is 929. The third-order valence-corrected chi connectivity index (χ3v) is 5.95. The number of methoxy groups -OCH3 is 2. The molecule has 0 saturated heterocycles. The number of sulfonamides is 1. The van der Waals surface area contributed by atoms with E-state index in [1.165, 1.54) is 12.1 Å². The molecule has 27 heavy (non-hydrogen) atoms. The molecule has 144 valence electrons. The number of ether oxygens (including phenoxy) is 2. The summed E-state index contributed by atoms with van der Waals surface area (Å²) in [6.45, 7) is 0.649. The van der Waals surface area contributed by atoms with Crippen molar-refractivity contribution in [2.45, 2.75) is 17.9 Å². The molecule has 0 aromatic heterocycles. The van der Waals surface area contributed by atoms with E-state index in [-0.39, 0.29) is 17.3 Å². The molecule has 2 aromatic rings. The monoisotopic (exact) mass is 390 g/mol. The Morgan fingerprint density at radius 1 is 1.07 bits per heavy atom. The molecule has 0 bridgehead atoms. The van der Waals surface area contributed by atoms with Crippen molar-refractivity contribution in [1.82, 2.24) is 9.62 Å². The predicted molar refractivity (Wildman–Crippen MR) is 100 cm³/mol.